The largest absolute Gasteiger partial charge is 0.464 e. The Morgan fingerprint density at radius 2 is 1.61 bits per heavy atom. The molecule has 0 aromatic rings. The Labute approximate surface area is 111 Å². The van der Waals surface area contributed by atoms with E-state index in [1.807, 2.05) is 0 Å². The first-order valence-electron chi connectivity index (χ1n) is 6.93. The fourth-order valence-corrected chi connectivity index (χ4v) is 3.16. The van der Waals surface area contributed by atoms with Crippen LogP contribution in [-0.2, 0) is 14.1 Å². The number of hydrogen-bond acceptors (Lipinski definition) is 3. The lowest BCUT2D eigenvalue weighted by atomic mass is 9.50. The van der Waals surface area contributed by atoms with Gasteiger partial charge in [-0.3, -0.25) is 4.79 Å². The standard InChI is InChI=1S/C14H25BO3/c1-10-7-11(16)9-14(6,8-10)15-17-12(2,3)13(4,5)18-15/h10H,7-9H2,1-6H3/t10?,14-/m0/s1. The Kier molecular flexibility index (Phi) is 3.18. The highest BCUT2D eigenvalue weighted by atomic mass is 16.7. The molecule has 4 heteroatoms. The average Bonchev–Trinajstić information content (AvgIpc) is 2.33. The van der Waals surface area contributed by atoms with E-state index in [1.54, 1.807) is 0 Å². The zero-order valence-electron chi connectivity index (χ0n) is 12.5. The normalized spacial score (nSPS) is 39.1. The van der Waals surface area contributed by atoms with Gasteiger partial charge in [-0.25, -0.2) is 0 Å². The number of carbonyl (C=O) groups is 1. The van der Waals surface area contributed by atoms with Gasteiger partial charge in [0, 0.05) is 18.2 Å². The van der Waals surface area contributed by atoms with Gasteiger partial charge in [0.2, 0.25) is 0 Å². The summed E-state index contributed by atoms with van der Waals surface area (Å²) in [4.78, 5) is 11.9. The van der Waals surface area contributed by atoms with E-state index in [0.29, 0.717) is 24.5 Å². The molecule has 1 saturated carbocycles. The molecule has 2 aliphatic rings. The molecular formula is C14H25BO3. The van der Waals surface area contributed by atoms with Crippen LogP contribution in [0.25, 0.3) is 0 Å². The molecule has 0 amide bonds. The van der Waals surface area contributed by atoms with Crippen LogP contribution in [0.4, 0.5) is 0 Å². The number of ketones is 1. The first kappa shape index (κ1) is 14.1. The molecule has 0 bridgehead atoms. The van der Waals surface area contributed by atoms with Crippen LogP contribution in [0.3, 0.4) is 0 Å². The average molecular weight is 252 g/mol. The number of carbonyl (C=O) groups excluding carboxylic acids is 1. The summed E-state index contributed by atoms with van der Waals surface area (Å²) >= 11 is 0. The number of rotatable bonds is 1. The summed E-state index contributed by atoms with van der Waals surface area (Å²) in [5.74, 6) is 0.765. The van der Waals surface area contributed by atoms with Crippen LogP contribution >= 0.6 is 0 Å². The Bertz CT molecular complexity index is 348. The van der Waals surface area contributed by atoms with Gasteiger partial charge in [0.05, 0.1) is 11.2 Å². The van der Waals surface area contributed by atoms with Crippen molar-refractivity contribution >= 4 is 12.9 Å². The van der Waals surface area contributed by atoms with Crippen LogP contribution in [-0.4, -0.2) is 24.1 Å². The number of hydrogen-bond donors (Lipinski definition) is 0. The van der Waals surface area contributed by atoms with Crippen molar-refractivity contribution in [1.29, 1.82) is 0 Å². The van der Waals surface area contributed by atoms with E-state index in [9.17, 15) is 4.79 Å². The molecule has 1 saturated heterocycles. The van der Waals surface area contributed by atoms with Crippen molar-refractivity contribution in [1.82, 2.24) is 0 Å². The van der Waals surface area contributed by atoms with Crippen LogP contribution in [0, 0.1) is 5.92 Å². The second kappa shape index (κ2) is 4.07. The van der Waals surface area contributed by atoms with Crippen molar-refractivity contribution in [2.45, 2.75) is 77.3 Å². The van der Waals surface area contributed by atoms with Crippen molar-refractivity contribution in [2.75, 3.05) is 0 Å². The second-order valence-corrected chi connectivity index (χ2v) is 7.47. The number of Topliss-reactive ketones (excluding diaryl/α,β-unsaturated/α-hetero) is 1. The predicted molar refractivity (Wildman–Crippen MR) is 72.5 cm³/mol. The van der Waals surface area contributed by atoms with Crippen LogP contribution in [0.15, 0.2) is 0 Å². The van der Waals surface area contributed by atoms with Crippen LogP contribution < -0.4 is 0 Å². The van der Waals surface area contributed by atoms with Gasteiger partial charge in [-0.05, 0) is 40.0 Å². The summed E-state index contributed by atoms with van der Waals surface area (Å²) in [6.07, 6.45) is 2.28. The summed E-state index contributed by atoms with van der Waals surface area (Å²) in [5, 5.41) is -0.181. The molecule has 0 N–H and O–H groups in total. The highest BCUT2D eigenvalue weighted by Gasteiger charge is 2.59. The first-order valence-corrected chi connectivity index (χ1v) is 6.93. The van der Waals surface area contributed by atoms with Gasteiger partial charge >= 0.3 is 7.12 Å². The Morgan fingerprint density at radius 3 is 2.06 bits per heavy atom. The quantitative estimate of drug-likeness (QED) is 0.672. The van der Waals surface area contributed by atoms with Crippen molar-refractivity contribution in [2.24, 2.45) is 5.92 Å². The summed E-state index contributed by atoms with van der Waals surface area (Å²) in [5.41, 5.74) is -0.630. The maximum absolute atomic E-state index is 11.9. The zero-order valence-corrected chi connectivity index (χ0v) is 12.5. The highest BCUT2D eigenvalue weighted by Crippen LogP contribution is 2.52. The Hall–Kier alpha value is -0.345. The SMILES string of the molecule is CC1CC(=O)C[C@@](C)(B2OC(C)(C)C(C)(C)O2)C1. The molecule has 2 rings (SSSR count). The lowest BCUT2D eigenvalue weighted by molar-refractivity contribution is -0.122. The predicted octanol–water partition coefficient (Wildman–Crippen LogP) is 3.23. The second-order valence-electron chi connectivity index (χ2n) is 7.47. The third-order valence-electron chi connectivity index (χ3n) is 4.81. The lowest BCUT2D eigenvalue weighted by Crippen LogP contribution is -2.41. The summed E-state index contributed by atoms with van der Waals surface area (Å²) in [7, 11) is -0.269. The molecule has 1 aliphatic carbocycles. The maximum atomic E-state index is 11.9. The Morgan fingerprint density at radius 1 is 1.11 bits per heavy atom. The van der Waals surface area contributed by atoms with E-state index in [1.165, 1.54) is 0 Å². The lowest BCUT2D eigenvalue weighted by Gasteiger charge is -2.37. The molecule has 1 heterocycles. The minimum absolute atomic E-state index is 0.181. The van der Waals surface area contributed by atoms with Crippen LogP contribution in [0.1, 0.15) is 60.8 Å². The van der Waals surface area contributed by atoms with Gasteiger partial charge < -0.3 is 9.31 Å². The van der Waals surface area contributed by atoms with Gasteiger partial charge in [-0.15, -0.1) is 0 Å². The van der Waals surface area contributed by atoms with Gasteiger partial charge in [-0.1, -0.05) is 13.8 Å². The Balaban J connectivity index is 2.20. The zero-order chi connectivity index (χ0) is 13.8. The monoisotopic (exact) mass is 252 g/mol. The first-order chi connectivity index (χ1) is 8.06. The molecule has 18 heavy (non-hydrogen) atoms. The van der Waals surface area contributed by atoms with Gasteiger partial charge in [-0.2, -0.15) is 0 Å². The highest BCUT2D eigenvalue weighted by molar-refractivity contribution is 6.50. The minimum atomic E-state index is -0.315. The fraction of sp³-hybridized carbons (Fsp3) is 0.929. The maximum Gasteiger partial charge on any atom is 0.464 e. The molecule has 0 aromatic heterocycles. The van der Waals surface area contributed by atoms with Crippen molar-refractivity contribution in [3.63, 3.8) is 0 Å². The van der Waals surface area contributed by atoms with Gasteiger partial charge in [0.15, 0.2) is 0 Å². The summed E-state index contributed by atoms with van der Waals surface area (Å²) in [6, 6.07) is 0. The van der Waals surface area contributed by atoms with Crippen LogP contribution in [0.5, 0.6) is 0 Å². The fourth-order valence-electron chi connectivity index (χ4n) is 3.16. The van der Waals surface area contributed by atoms with E-state index in [4.69, 9.17) is 9.31 Å². The van der Waals surface area contributed by atoms with E-state index < -0.39 is 0 Å². The third kappa shape index (κ3) is 2.25. The topological polar surface area (TPSA) is 35.5 Å². The molecule has 1 unspecified atom stereocenters. The third-order valence-corrected chi connectivity index (χ3v) is 4.81. The van der Waals surface area contributed by atoms with Crippen LogP contribution in [0.2, 0.25) is 5.31 Å². The molecule has 1 aliphatic heterocycles. The van der Waals surface area contributed by atoms with E-state index in [0.717, 1.165) is 6.42 Å². The van der Waals surface area contributed by atoms with E-state index in [-0.39, 0.29) is 23.6 Å². The van der Waals surface area contributed by atoms with Crippen molar-refractivity contribution in [3.8, 4) is 0 Å². The van der Waals surface area contributed by atoms with E-state index >= 15 is 0 Å². The molecule has 3 nitrogen and oxygen atoms in total. The molecule has 2 fully saturated rings. The van der Waals surface area contributed by atoms with Gasteiger partial charge in [0.25, 0.3) is 0 Å². The summed E-state index contributed by atoms with van der Waals surface area (Å²) < 4.78 is 12.3. The van der Waals surface area contributed by atoms with Crippen molar-refractivity contribution < 1.29 is 14.1 Å². The molecule has 102 valence electrons. The molecule has 0 spiro atoms. The molecular weight excluding hydrogens is 227 g/mol. The molecule has 0 radical (unpaired) electrons. The molecule has 2 atom stereocenters. The smallest absolute Gasteiger partial charge is 0.403 e. The summed E-state index contributed by atoms with van der Waals surface area (Å²) in [6.45, 7) is 12.5. The van der Waals surface area contributed by atoms with E-state index in [2.05, 4.69) is 41.5 Å². The van der Waals surface area contributed by atoms with Crippen molar-refractivity contribution in [3.05, 3.63) is 0 Å². The minimum Gasteiger partial charge on any atom is -0.403 e. The molecule has 0 aromatic carbocycles. The van der Waals surface area contributed by atoms with Gasteiger partial charge in [0.1, 0.15) is 5.78 Å².